The summed E-state index contributed by atoms with van der Waals surface area (Å²) in [6.07, 6.45) is 0. The van der Waals surface area contributed by atoms with Crippen molar-refractivity contribution in [2.75, 3.05) is 5.73 Å². The largest absolute Gasteiger partial charge is 0.478 e. The van der Waals surface area contributed by atoms with Crippen molar-refractivity contribution < 1.29 is 19.0 Å². The summed E-state index contributed by atoms with van der Waals surface area (Å²) in [7, 11) is 0. The Morgan fingerprint density at radius 1 is 1.20 bits per heavy atom. The lowest BCUT2D eigenvalue weighted by molar-refractivity contribution is 0.0692. The molecule has 0 saturated carbocycles. The van der Waals surface area contributed by atoms with Crippen molar-refractivity contribution in [2.24, 2.45) is 0 Å². The predicted molar refractivity (Wildman–Crippen MR) is 74.3 cm³/mol. The third kappa shape index (κ3) is 2.95. The first kappa shape index (κ1) is 14.4. The molecule has 0 unspecified atom stereocenters. The number of ether oxygens (including phenoxy) is 1. The molecule has 0 fully saturated rings. The highest BCUT2D eigenvalue weighted by Crippen LogP contribution is 2.35. The molecule has 0 aliphatic heterocycles. The van der Waals surface area contributed by atoms with E-state index in [0.717, 1.165) is 12.1 Å². The summed E-state index contributed by atoms with van der Waals surface area (Å²) >= 11 is 11.7. The van der Waals surface area contributed by atoms with E-state index < -0.39 is 17.3 Å². The van der Waals surface area contributed by atoms with Crippen LogP contribution in [0.15, 0.2) is 30.3 Å². The molecule has 0 atom stereocenters. The average molecular weight is 316 g/mol. The van der Waals surface area contributed by atoms with Gasteiger partial charge in [0.15, 0.2) is 5.75 Å². The van der Waals surface area contributed by atoms with Gasteiger partial charge in [0.2, 0.25) is 0 Å². The van der Waals surface area contributed by atoms with Gasteiger partial charge in [0.1, 0.15) is 11.6 Å². The molecule has 20 heavy (non-hydrogen) atoms. The van der Waals surface area contributed by atoms with Crippen molar-refractivity contribution in [1.29, 1.82) is 0 Å². The number of hydrogen-bond donors (Lipinski definition) is 2. The molecule has 0 aliphatic rings. The number of benzene rings is 2. The highest BCUT2D eigenvalue weighted by molar-refractivity contribution is 6.35. The lowest BCUT2D eigenvalue weighted by Crippen LogP contribution is -2.03. The van der Waals surface area contributed by atoms with E-state index in [-0.39, 0.29) is 22.2 Å². The van der Waals surface area contributed by atoms with Gasteiger partial charge in [-0.3, -0.25) is 0 Å². The van der Waals surface area contributed by atoms with Crippen molar-refractivity contribution in [1.82, 2.24) is 0 Å². The Bertz CT molecular complexity index is 692. The van der Waals surface area contributed by atoms with Gasteiger partial charge in [0.05, 0.1) is 16.3 Å². The van der Waals surface area contributed by atoms with E-state index in [1.54, 1.807) is 6.07 Å². The first-order valence-electron chi connectivity index (χ1n) is 5.33. The number of carbonyl (C=O) groups is 1. The molecular weight excluding hydrogens is 308 g/mol. The number of nitrogens with two attached hydrogens (primary N) is 1. The van der Waals surface area contributed by atoms with Crippen LogP contribution in [0.25, 0.3) is 0 Å². The maximum atomic E-state index is 13.6. The molecule has 0 aromatic heterocycles. The van der Waals surface area contributed by atoms with Crippen molar-refractivity contribution in [2.45, 2.75) is 0 Å². The van der Waals surface area contributed by atoms with Crippen LogP contribution in [-0.2, 0) is 0 Å². The number of hydrogen-bond acceptors (Lipinski definition) is 3. The van der Waals surface area contributed by atoms with Gasteiger partial charge >= 0.3 is 5.97 Å². The van der Waals surface area contributed by atoms with E-state index >= 15 is 0 Å². The minimum absolute atomic E-state index is 0.0187. The fourth-order valence-electron chi connectivity index (χ4n) is 1.50. The predicted octanol–water partition coefficient (Wildman–Crippen LogP) is 4.21. The van der Waals surface area contributed by atoms with Gasteiger partial charge in [-0.15, -0.1) is 0 Å². The number of anilines is 1. The second-order valence-corrected chi connectivity index (χ2v) is 4.70. The Balaban J connectivity index is 2.39. The number of aromatic carboxylic acids is 1. The van der Waals surface area contributed by atoms with Crippen molar-refractivity contribution in [3.8, 4) is 11.5 Å². The van der Waals surface area contributed by atoms with Crippen LogP contribution in [0.1, 0.15) is 10.4 Å². The molecular formula is C13H8Cl2FNO3. The zero-order valence-electron chi connectivity index (χ0n) is 9.86. The number of nitrogen functional groups attached to an aromatic ring is 1. The molecule has 0 spiro atoms. The quantitative estimate of drug-likeness (QED) is 0.832. The van der Waals surface area contributed by atoms with Crippen LogP contribution in [0.5, 0.6) is 11.5 Å². The molecule has 0 saturated heterocycles. The Morgan fingerprint density at radius 3 is 2.50 bits per heavy atom. The van der Waals surface area contributed by atoms with Crippen LogP contribution >= 0.6 is 23.2 Å². The lowest BCUT2D eigenvalue weighted by atomic mass is 10.1. The fraction of sp³-hybridized carbons (Fsp3) is 0. The first-order chi connectivity index (χ1) is 9.38. The van der Waals surface area contributed by atoms with Gasteiger partial charge in [-0.1, -0.05) is 23.2 Å². The molecule has 0 bridgehead atoms. The molecule has 0 aliphatic carbocycles. The topological polar surface area (TPSA) is 72.6 Å². The van der Waals surface area contributed by atoms with E-state index in [0.29, 0.717) is 5.02 Å². The van der Waals surface area contributed by atoms with Gasteiger partial charge in [-0.2, -0.15) is 0 Å². The van der Waals surface area contributed by atoms with Gasteiger partial charge in [-0.05, 0) is 24.3 Å². The van der Waals surface area contributed by atoms with Crippen molar-refractivity contribution in [3.05, 3.63) is 51.8 Å². The third-order valence-corrected chi connectivity index (χ3v) is 2.97. The Labute approximate surface area is 123 Å². The minimum Gasteiger partial charge on any atom is -0.478 e. The fourth-order valence-corrected chi connectivity index (χ4v) is 1.95. The summed E-state index contributed by atoms with van der Waals surface area (Å²) in [5, 5.41) is 9.41. The summed E-state index contributed by atoms with van der Waals surface area (Å²) in [4.78, 5) is 10.8. The Kier molecular flexibility index (Phi) is 4.01. The van der Waals surface area contributed by atoms with Crippen LogP contribution in [-0.4, -0.2) is 11.1 Å². The molecule has 104 valence electrons. The molecule has 0 amide bonds. The van der Waals surface area contributed by atoms with E-state index in [1.165, 1.54) is 12.1 Å². The minimum atomic E-state index is -1.41. The SMILES string of the molecule is Nc1cc(C(=O)O)c(F)cc1Oc1ccc(Cl)cc1Cl. The third-order valence-electron chi connectivity index (χ3n) is 2.44. The number of halogens is 3. The molecule has 2 rings (SSSR count). The van der Waals surface area contributed by atoms with Gasteiger partial charge < -0.3 is 15.6 Å². The molecule has 0 radical (unpaired) electrons. The zero-order valence-corrected chi connectivity index (χ0v) is 11.4. The number of carboxylic acids is 1. The highest BCUT2D eigenvalue weighted by Gasteiger charge is 2.15. The first-order valence-corrected chi connectivity index (χ1v) is 6.09. The second-order valence-electron chi connectivity index (χ2n) is 3.85. The summed E-state index contributed by atoms with van der Waals surface area (Å²) in [6.45, 7) is 0. The van der Waals surface area contributed by atoms with Crippen LogP contribution in [0, 0.1) is 5.82 Å². The zero-order chi connectivity index (χ0) is 14.9. The number of rotatable bonds is 3. The second kappa shape index (κ2) is 5.56. The van der Waals surface area contributed by atoms with Gasteiger partial charge in [0, 0.05) is 11.1 Å². The Hall–Kier alpha value is -1.98. The molecule has 2 aromatic carbocycles. The highest BCUT2D eigenvalue weighted by atomic mass is 35.5. The van der Waals surface area contributed by atoms with Crippen LogP contribution < -0.4 is 10.5 Å². The van der Waals surface area contributed by atoms with Crippen molar-refractivity contribution in [3.63, 3.8) is 0 Å². The molecule has 2 aromatic rings. The van der Waals surface area contributed by atoms with E-state index in [4.69, 9.17) is 38.8 Å². The van der Waals surface area contributed by atoms with Crippen LogP contribution in [0.2, 0.25) is 10.0 Å². The van der Waals surface area contributed by atoms with Crippen LogP contribution in [0.4, 0.5) is 10.1 Å². The number of carboxylic acid groups (broad SMARTS) is 1. The smallest absolute Gasteiger partial charge is 0.338 e. The Morgan fingerprint density at radius 2 is 1.90 bits per heavy atom. The normalized spacial score (nSPS) is 10.3. The lowest BCUT2D eigenvalue weighted by Gasteiger charge is -2.11. The summed E-state index contributed by atoms with van der Waals surface area (Å²) < 4.78 is 18.9. The van der Waals surface area contributed by atoms with Crippen LogP contribution in [0.3, 0.4) is 0 Å². The van der Waals surface area contributed by atoms with Gasteiger partial charge in [0.25, 0.3) is 0 Å². The summed E-state index contributed by atoms with van der Waals surface area (Å²) in [5.74, 6) is -2.17. The molecule has 3 N–H and O–H groups in total. The molecule has 4 nitrogen and oxygen atoms in total. The van der Waals surface area contributed by atoms with E-state index in [9.17, 15) is 9.18 Å². The molecule has 0 heterocycles. The molecule has 7 heteroatoms. The monoisotopic (exact) mass is 315 g/mol. The summed E-state index contributed by atoms with van der Waals surface area (Å²) in [6, 6.07) is 6.37. The summed E-state index contributed by atoms with van der Waals surface area (Å²) in [5.41, 5.74) is 5.08. The van der Waals surface area contributed by atoms with Crippen molar-refractivity contribution >= 4 is 34.9 Å². The average Bonchev–Trinajstić information content (AvgIpc) is 2.36. The maximum Gasteiger partial charge on any atom is 0.338 e. The van der Waals surface area contributed by atoms with E-state index in [1.807, 2.05) is 0 Å². The van der Waals surface area contributed by atoms with E-state index in [2.05, 4.69) is 0 Å². The van der Waals surface area contributed by atoms with Gasteiger partial charge in [-0.25, -0.2) is 9.18 Å². The maximum absolute atomic E-state index is 13.6. The standard InChI is InChI=1S/C13H8Cl2FNO3/c14-6-1-2-11(8(15)3-6)20-12-5-9(16)7(13(18)19)4-10(12)17/h1-5H,17H2,(H,18,19).